The van der Waals surface area contributed by atoms with Crippen molar-refractivity contribution >= 4 is 0 Å². The quantitative estimate of drug-likeness (QED) is 0.627. The molecule has 0 heterocycles. The highest BCUT2D eigenvalue weighted by atomic mass is 16.5. The maximum Gasteiger partial charge on any atom is 0.0628 e. The fourth-order valence-electron chi connectivity index (χ4n) is 1.98. The molecule has 0 saturated heterocycles. The minimum atomic E-state index is 0.485. The molecule has 90 valence electrons. The first-order valence-electron chi connectivity index (χ1n) is 6.24. The monoisotopic (exact) mass is 214 g/mol. The Bertz CT molecular complexity index is 154. The number of nitrogens with one attached hydrogen (secondary N) is 1. The fraction of sp³-hybridized carbons (Fsp3) is 1.00. The summed E-state index contributed by atoms with van der Waals surface area (Å²) in [7, 11) is 1.78. The molecular formula is C12H26N2O. The van der Waals surface area contributed by atoms with Crippen molar-refractivity contribution < 1.29 is 4.74 Å². The van der Waals surface area contributed by atoms with Crippen LogP contribution in [0.5, 0.6) is 0 Å². The summed E-state index contributed by atoms with van der Waals surface area (Å²) in [5.74, 6) is 0.981. The normalized spacial score (nSPS) is 18.4. The average Bonchev–Trinajstić information content (AvgIpc) is 3.01. The molecule has 3 heteroatoms. The third-order valence-electron chi connectivity index (χ3n) is 3.00. The number of methoxy groups -OCH3 is 1. The topological polar surface area (TPSA) is 24.5 Å². The van der Waals surface area contributed by atoms with Gasteiger partial charge in [0.2, 0.25) is 0 Å². The largest absolute Gasteiger partial charge is 0.383 e. The van der Waals surface area contributed by atoms with Gasteiger partial charge >= 0.3 is 0 Å². The minimum Gasteiger partial charge on any atom is -0.383 e. The van der Waals surface area contributed by atoms with Crippen LogP contribution in [-0.2, 0) is 4.74 Å². The molecule has 0 aromatic rings. The van der Waals surface area contributed by atoms with Gasteiger partial charge in [-0.15, -0.1) is 0 Å². The maximum atomic E-state index is 5.23. The van der Waals surface area contributed by atoms with E-state index in [1.54, 1.807) is 7.11 Å². The second-order valence-corrected chi connectivity index (χ2v) is 4.51. The number of ether oxygens (including phenoxy) is 1. The fourth-order valence-corrected chi connectivity index (χ4v) is 1.98. The van der Waals surface area contributed by atoms with Gasteiger partial charge in [-0.2, -0.15) is 0 Å². The Balaban J connectivity index is 2.24. The summed E-state index contributed by atoms with van der Waals surface area (Å²) in [6.45, 7) is 9.79. The molecule has 1 unspecified atom stereocenters. The molecule has 15 heavy (non-hydrogen) atoms. The molecule has 0 aliphatic heterocycles. The van der Waals surface area contributed by atoms with Gasteiger partial charge in [-0.05, 0) is 31.8 Å². The number of nitrogens with zero attached hydrogens (tertiary/aromatic N) is 1. The lowest BCUT2D eigenvalue weighted by Gasteiger charge is -2.26. The first-order chi connectivity index (χ1) is 7.30. The molecular weight excluding hydrogens is 188 g/mol. The molecule has 0 aromatic heterocycles. The average molecular weight is 214 g/mol. The van der Waals surface area contributed by atoms with E-state index in [-0.39, 0.29) is 0 Å². The van der Waals surface area contributed by atoms with Gasteiger partial charge in [0.25, 0.3) is 0 Å². The van der Waals surface area contributed by atoms with Crippen LogP contribution in [0.4, 0.5) is 0 Å². The Morgan fingerprint density at radius 1 is 1.40 bits per heavy atom. The van der Waals surface area contributed by atoms with E-state index in [1.807, 2.05) is 0 Å². The van der Waals surface area contributed by atoms with Crippen LogP contribution in [0.3, 0.4) is 0 Å². The summed E-state index contributed by atoms with van der Waals surface area (Å²) in [6, 6.07) is 0.485. The zero-order valence-corrected chi connectivity index (χ0v) is 10.5. The molecule has 1 saturated carbocycles. The van der Waals surface area contributed by atoms with Gasteiger partial charge in [0.1, 0.15) is 0 Å². The Kier molecular flexibility index (Phi) is 6.22. The summed E-state index contributed by atoms with van der Waals surface area (Å²) in [6.07, 6.45) is 2.87. The third kappa shape index (κ3) is 5.50. The first-order valence-corrected chi connectivity index (χ1v) is 6.24. The molecule has 0 bridgehead atoms. The highest BCUT2D eigenvalue weighted by Gasteiger charge is 2.24. The summed E-state index contributed by atoms with van der Waals surface area (Å²) < 4.78 is 5.23. The molecule has 1 rings (SSSR count). The van der Waals surface area contributed by atoms with Gasteiger partial charge in [-0.1, -0.05) is 13.8 Å². The predicted octanol–water partition coefficient (Wildman–Crippen LogP) is 1.34. The van der Waals surface area contributed by atoms with Crippen LogP contribution in [0.25, 0.3) is 0 Å². The molecule has 1 fully saturated rings. The molecule has 1 aliphatic rings. The van der Waals surface area contributed by atoms with Crippen molar-refractivity contribution in [2.45, 2.75) is 32.7 Å². The number of rotatable bonds is 9. The van der Waals surface area contributed by atoms with Crippen molar-refractivity contribution in [1.82, 2.24) is 10.2 Å². The number of hydrogen-bond acceptors (Lipinski definition) is 3. The minimum absolute atomic E-state index is 0.485. The lowest BCUT2D eigenvalue weighted by atomic mass is 10.2. The lowest BCUT2D eigenvalue weighted by Crippen LogP contribution is -2.44. The van der Waals surface area contributed by atoms with Crippen molar-refractivity contribution in [1.29, 1.82) is 0 Å². The van der Waals surface area contributed by atoms with Gasteiger partial charge in [0.05, 0.1) is 6.61 Å². The van der Waals surface area contributed by atoms with Gasteiger partial charge in [-0.3, -0.25) is 0 Å². The van der Waals surface area contributed by atoms with E-state index in [1.165, 1.54) is 19.4 Å². The van der Waals surface area contributed by atoms with Gasteiger partial charge in [-0.25, -0.2) is 0 Å². The van der Waals surface area contributed by atoms with Crippen LogP contribution in [0.2, 0.25) is 0 Å². The molecule has 0 aromatic carbocycles. The standard InChI is InChI=1S/C12H26N2O/c1-4-13-12(10-15-3)9-14(5-2)8-11-6-7-11/h11-13H,4-10H2,1-3H3. The number of likely N-dealkylation sites (N-methyl/N-ethyl adjacent to an activating group) is 2. The summed E-state index contributed by atoms with van der Waals surface area (Å²) in [5, 5.41) is 3.48. The van der Waals surface area contributed by atoms with Crippen LogP contribution < -0.4 is 5.32 Å². The van der Waals surface area contributed by atoms with E-state index in [4.69, 9.17) is 4.74 Å². The summed E-state index contributed by atoms with van der Waals surface area (Å²) >= 11 is 0. The van der Waals surface area contributed by atoms with Gasteiger partial charge in [0, 0.05) is 26.2 Å². The first kappa shape index (κ1) is 12.9. The van der Waals surface area contributed by atoms with E-state index < -0.39 is 0 Å². The zero-order chi connectivity index (χ0) is 11.1. The van der Waals surface area contributed by atoms with Crippen molar-refractivity contribution in [3.05, 3.63) is 0 Å². The Hall–Kier alpha value is -0.120. The second-order valence-electron chi connectivity index (χ2n) is 4.51. The van der Waals surface area contributed by atoms with E-state index in [0.29, 0.717) is 6.04 Å². The van der Waals surface area contributed by atoms with Crippen LogP contribution in [0, 0.1) is 5.92 Å². The highest BCUT2D eigenvalue weighted by molar-refractivity contribution is 4.79. The Morgan fingerprint density at radius 3 is 2.60 bits per heavy atom. The molecule has 0 spiro atoms. The van der Waals surface area contributed by atoms with Gasteiger partial charge < -0.3 is 15.0 Å². The molecule has 0 radical (unpaired) electrons. The van der Waals surface area contributed by atoms with Crippen LogP contribution in [0.15, 0.2) is 0 Å². The van der Waals surface area contributed by atoms with E-state index in [9.17, 15) is 0 Å². The predicted molar refractivity (Wildman–Crippen MR) is 64.2 cm³/mol. The third-order valence-corrected chi connectivity index (χ3v) is 3.00. The van der Waals surface area contributed by atoms with Crippen molar-refractivity contribution in [2.24, 2.45) is 5.92 Å². The molecule has 0 amide bonds. The lowest BCUT2D eigenvalue weighted by molar-refractivity contribution is 0.138. The van der Waals surface area contributed by atoms with E-state index >= 15 is 0 Å². The van der Waals surface area contributed by atoms with E-state index in [0.717, 1.165) is 32.2 Å². The van der Waals surface area contributed by atoms with Crippen LogP contribution in [0.1, 0.15) is 26.7 Å². The van der Waals surface area contributed by atoms with Crippen molar-refractivity contribution in [3.63, 3.8) is 0 Å². The smallest absolute Gasteiger partial charge is 0.0628 e. The Morgan fingerprint density at radius 2 is 2.13 bits per heavy atom. The Labute approximate surface area is 94.2 Å². The molecule has 3 nitrogen and oxygen atoms in total. The maximum absolute atomic E-state index is 5.23. The molecule has 1 N–H and O–H groups in total. The van der Waals surface area contributed by atoms with Crippen molar-refractivity contribution in [3.8, 4) is 0 Å². The SMILES string of the molecule is CCNC(COC)CN(CC)CC1CC1. The second kappa shape index (κ2) is 7.20. The molecule has 1 atom stereocenters. The summed E-state index contributed by atoms with van der Waals surface area (Å²) in [4.78, 5) is 2.55. The zero-order valence-electron chi connectivity index (χ0n) is 10.5. The number of hydrogen-bond donors (Lipinski definition) is 1. The van der Waals surface area contributed by atoms with Crippen molar-refractivity contribution in [2.75, 3.05) is 39.9 Å². The van der Waals surface area contributed by atoms with Gasteiger partial charge in [0.15, 0.2) is 0 Å². The summed E-state index contributed by atoms with van der Waals surface area (Å²) in [5.41, 5.74) is 0. The highest BCUT2D eigenvalue weighted by Crippen LogP contribution is 2.29. The molecule has 1 aliphatic carbocycles. The van der Waals surface area contributed by atoms with E-state index in [2.05, 4.69) is 24.1 Å². The van der Waals surface area contributed by atoms with Crippen LogP contribution in [-0.4, -0.2) is 50.8 Å². The van der Waals surface area contributed by atoms with Crippen LogP contribution >= 0.6 is 0 Å².